The van der Waals surface area contributed by atoms with Crippen molar-refractivity contribution >= 4 is 5.91 Å². The molecule has 1 amide bonds. The van der Waals surface area contributed by atoms with Gasteiger partial charge in [-0.3, -0.25) is 4.79 Å². The largest absolute Gasteiger partial charge is 0.368 e. The predicted octanol–water partition coefficient (Wildman–Crippen LogP) is 0.916. The topological polar surface area (TPSA) is 50.4 Å². The zero-order valence-electron chi connectivity index (χ0n) is 10.6. The molecule has 0 saturated carbocycles. The Labute approximate surface area is 98.1 Å². The van der Waals surface area contributed by atoms with Crippen LogP contribution >= 0.6 is 0 Å². The van der Waals surface area contributed by atoms with Crippen molar-refractivity contribution in [3.8, 4) is 0 Å². The summed E-state index contributed by atoms with van der Waals surface area (Å²) in [5.41, 5.74) is 0. The van der Waals surface area contributed by atoms with Gasteiger partial charge < -0.3 is 15.4 Å². The summed E-state index contributed by atoms with van der Waals surface area (Å²) in [7, 11) is 0. The number of carbonyl (C=O) groups excluding carboxylic acids is 1. The minimum Gasteiger partial charge on any atom is -0.368 e. The second-order valence-electron chi connectivity index (χ2n) is 4.65. The summed E-state index contributed by atoms with van der Waals surface area (Å²) in [4.78, 5) is 11.7. The molecule has 0 radical (unpaired) electrons. The summed E-state index contributed by atoms with van der Waals surface area (Å²) in [6.07, 6.45) is 1.76. The van der Waals surface area contributed by atoms with Crippen LogP contribution in [0.25, 0.3) is 0 Å². The Morgan fingerprint density at radius 2 is 2.31 bits per heavy atom. The van der Waals surface area contributed by atoms with Gasteiger partial charge in [-0.15, -0.1) is 0 Å². The molecule has 2 N–H and O–H groups in total. The van der Waals surface area contributed by atoms with E-state index in [0.29, 0.717) is 12.5 Å². The molecule has 1 aliphatic rings. The smallest absolute Gasteiger partial charge is 0.249 e. The standard InChI is InChI=1S/C12H24N2O2/c1-4-9(2)14-12(15)10(3)16-8-11-5-6-13-7-11/h9-11,13H,4-8H2,1-3H3,(H,14,15). The highest BCUT2D eigenvalue weighted by Gasteiger charge is 2.19. The summed E-state index contributed by atoms with van der Waals surface area (Å²) in [5.74, 6) is 0.569. The summed E-state index contributed by atoms with van der Waals surface area (Å²) < 4.78 is 5.58. The van der Waals surface area contributed by atoms with Gasteiger partial charge in [0.1, 0.15) is 6.10 Å². The number of hydrogen-bond donors (Lipinski definition) is 2. The third-order valence-corrected chi connectivity index (χ3v) is 3.11. The normalized spacial score (nSPS) is 24.1. The molecule has 1 aliphatic heterocycles. The fourth-order valence-electron chi connectivity index (χ4n) is 1.68. The SMILES string of the molecule is CCC(C)NC(=O)C(C)OCC1CCNC1. The van der Waals surface area contributed by atoms with E-state index < -0.39 is 0 Å². The molecular weight excluding hydrogens is 204 g/mol. The highest BCUT2D eigenvalue weighted by atomic mass is 16.5. The van der Waals surface area contributed by atoms with Crippen LogP contribution in [0, 0.1) is 5.92 Å². The first kappa shape index (κ1) is 13.5. The van der Waals surface area contributed by atoms with Crippen LogP contribution in [-0.2, 0) is 9.53 Å². The summed E-state index contributed by atoms with van der Waals surface area (Å²) in [5, 5.41) is 6.21. The molecule has 94 valence electrons. The Morgan fingerprint density at radius 3 is 2.88 bits per heavy atom. The number of ether oxygens (including phenoxy) is 1. The van der Waals surface area contributed by atoms with Crippen LogP contribution in [0.2, 0.25) is 0 Å². The van der Waals surface area contributed by atoms with Crippen LogP contribution in [0.1, 0.15) is 33.6 Å². The van der Waals surface area contributed by atoms with Crippen molar-refractivity contribution in [1.29, 1.82) is 0 Å². The van der Waals surface area contributed by atoms with Crippen LogP contribution in [0.5, 0.6) is 0 Å². The molecule has 0 aromatic heterocycles. The lowest BCUT2D eigenvalue weighted by Crippen LogP contribution is -2.40. The van der Waals surface area contributed by atoms with Crippen molar-refractivity contribution in [3.05, 3.63) is 0 Å². The molecule has 1 saturated heterocycles. The lowest BCUT2D eigenvalue weighted by atomic mass is 10.1. The van der Waals surface area contributed by atoms with Gasteiger partial charge in [0.2, 0.25) is 5.91 Å². The summed E-state index contributed by atoms with van der Waals surface area (Å²) in [6, 6.07) is 0.228. The second-order valence-corrected chi connectivity index (χ2v) is 4.65. The molecule has 4 nitrogen and oxygen atoms in total. The highest BCUT2D eigenvalue weighted by Crippen LogP contribution is 2.09. The number of hydrogen-bond acceptors (Lipinski definition) is 3. The van der Waals surface area contributed by atoms with Crippen molar-refractivity contribution in [2.75, 3.05) is 19.7 Å². The summed E-state index contributed by atoms with van der Waals surface area (Å²) >= 11 is 0. The molecule has 0 spiro atoms. The van der Waals surface area contributed by atoms with Crippen molar-refractivity contribution in [2.45, 2.75) is 45.8 Å². The van der Waals surface area contributed by atoms with E-state index in [4.69, 9.17) is 4.74 Å². The van der Waals surface area contributed by atoms with E-state index in [-0.39, 0.29) is 18.1 Å². The van der Waals surface area contributed by atoms with Gasteiger partial charge in [0.25, 0.3) is 0 Å². The van der Waals surface area contributed by atoms with Gasteiger partial charge in [-0.2, -0.15) is 0 Å². The number of carbonyl (C=O) groups is 1. The van der Waals surface area contributed by atoms with Crippen molar-refractivity contribution in [1.82, 2.24) is 10.6 Å². The van der Waals surface area contributed by atoms with E-state index in [9.17, 15) is 4.79 Å². The molecule has 3 atom stereocenters. The Hall–Kier alpha value is -0.610. The minimum atomic E-state index is -0.338. The molecule has 0 bridgehead atoms. The monoisotopic (exact) mass is 228 g/mol. The zero-order valence-corrected chi connectivity index (χ0v) is 10.6. The fraction of sp³-hybridized carbons (Fsp3) is 0.917. The van der Waals surface area contributed by atoms with Crippen LogP contribution in [0.15, 0.2) is 0 Å². The van der Waals surface area contributed by atoms with Gasteiger partial charge in [-0.05, 0) is 39.2 Å². The Kier molecular flexibility index (Phi) is 5.77. The lowest BCUT2D eigenvalue weighted by Gasteiger charge is -2.18. The maximum atomic E-state index is 11.7. The van der Waals surface area contributed by atoms with E-state index in [1.54, 1.807) is 0 Å². The molecular formula is C12H24N2O2. The maximum absolute atomic E-state index is 11.7. The molecule has 0 aromatic carbocycles. The third kappa shape index (κ3) is 4.49. The van der Waals surface area contributed by atoms with Crippen molar-refractivity contribution in [2.24, 2.45) is 5.92 Å². The van der Waals surface area contributed by atoms with Gasteiger partial charge in [-0.25, -0.2) is 0 Å². The molecule has 1 heterocycles. The first-order chi connectivity index (χ1) is 7.63. The maximum Gasteiger partial charge on any atom is 0.249 e. The highest BCUT2D eigenvalue weighted by molar-refractivity contribution is 5.80. The molecule has 0 aliphatic carbocycles. The number of rotatable bonds is 6. The predicted molar refractivity (Wildman–Crippen MR) is 64.3 cm³/mol. The summed E-state index contributed by atoms with van der Waals surface area (Å²) in [6.45, 7) is 8.65. The average molecular weight is 228 g/mol. The Bertz CT molecular complexity index is 215. The van der Waals surface area contributed by atoms with E-state index in [0.717, 1.165) is 25.9 Å². The third-order valence-electron chi connectivity index (χ3n) is 3.11. The first-order valence-corrected chi connectivity index (χ1v) is 6.26. The number of amides is 1. The van der Waals surface area contributed by atoms with Crippen molar-refractivity contribution < 1.29 is 9.53 Å². The molecule has 1 fully saturated rings. The average Bonchev–Trinajstić information content (AvgIpc) is 2.78. The first-order valence-electron chi connectivity index (χ1n) is 6.26. The zero-order chi connectivity index (χ0) is 12.0. The minimum absolute atomic E-state index is 0.000283. The van der Waals surface area contributed by atoms with Crippen LogP contribution in [0.3, 0.4) is 0 Å². The second kappa shape index (κ2) is 6.86. The van der Waals surface area contributed by atoms with E-state index in [1.807, 2.05) is 13.8 Å². The quantitative estimate of drug-likeness (QED) is 0.710. The van der Waals surface area contributed by atoms with Gasteiger partial charge in [-0.1, -0.05) is 6.92 Å². The van der Waals surface area contributed by atoms with E-state index >= 15 is 0 Å². The van der Waals surface area contributed by atoms with E-state index in [2.05, 4.69) is 17.6 Å². The van der Waals surface area contributed by atoms with Crippen molar-refractivity contribution in [3.63, 3.8) is 0 Å². The molecule has 4 heteroatoms. The molecule has 16 heavy (non-hydrogen) atoms. The number of nitrogens with one attached hydrogen (secondary N) is 2. The van der Waals surface area contributed by atoms with Crippen LogP contribution < -0.4 is 10.6 Å². The lowest BCUT2D eigenvalue weighted by molar-refractivity contribution is -0.133. The molecule has 0 aromatic rings. The van der Waals surface area contributed by atoms with Crippen LogP contribution in [0.4, 0.5) is 0 Å². The Morgan fingerprint density at radius 1 is 1.56 bits per heavy atom. The molecule has 3 unspecified atom stereocenters. The molecule has 1 rings (SSSR count). The van der Waals surface area contributed by atoms with Gasteiger partial charge in [0, 0.05) is 12.6 Å². The van der Waals surface area contributed by atoms with Gasteiger partial charge in [0.15, 0.2) is 0 Å². The fourth-order valence-corrected chi connectivity index (χ4v) is 1.68. The van der Waals surface area contributed by atoms with Crippen LogP contribution in [-0.4, -0.2) is 37.7 Å². The van der Waals surface area contributed by atoms with E-state index in [1.165, 1.54) is 0 Å². The van der Waals surface area contributed by atoms with Gasteiger partial charge in [0.05, 0.1) is 6.61 Å². The Balaban J connectivity index is 2.17. The van der Waals surface area contributed by atoms with Gasteiger partial charge >= 0.3 is 0 Å².